The number of nitrogens with one attached hydrogen (secondary N) is 2. The Morgan fingerprint density at radius 2 is 1.88 bits per heavy atom. The molecule has 0 saturated heterocycles. The molecule has 1 rings (SSSR count). The number of nitrogens with two attached hydrogens (primary N) is 1. The molecule has 0 atom stereocenters. The van der Waals surface area contributed by atoms with E-state index in [0.717, 1.165) is 5.56 Å². The lowest BCUT2D eigenvalue weighted by Crippen LogP contribution is -2.28. The van der Waals surface area contributed by atoms with Gasteiger partial charge in [0.25, 0.3) is 5.91 Å². The molecule has 5 nitrogen and oxygen atoms in total. The topological polar surface area (TPSA) is 84.2 Å². The molecule has 0 radical (unpaired) electrons. The van der Waals surface area contributed by atoms with E-state index in [4.69, 9.17) is 5.73 Å². The van der Waals surface area contributed by atoms with E-state index in [0.29, 0.717) is 12.1 Å². The molecule has 4 N–H and O–H groups in total. The fourth-order valence-corrected chi connectivity index (χ4v) is 1.25. The van der Waals surface area contributed by atoms with Gasteiger partial charge in [-0.2, -0.15) is 0 Å². The van der Waals surface area contributed by atoms with Gasteiger partial charge < -0.3 is 16.4 Å². The molecular formula is C11H15N3O2. The summed E-state index contributed by atoms with van der Waals surface area (Å²) >= 11 is 0. The third kappa shape index (κ3) is 3.70. The second kappa shape index (κ2) is 5.87. The predicted octanol–water partition coefficient (Wildman–Crippen LogP) is -0.379. The van der Waals surface area contributed by atoms with Gasteiger partial charge >= 0.3 is 0 Å². The maximum absolute atomic E-state index is 11.2. The fraction of sp³-hybridized carbons (Fsp3) is 0.273. The Morgan fingerprint density at radius 3 is 2.38 bits per heavy atom. The minimum atomic E-state index is -0.387. The Hall–Kier alpha value is -1.88. The van der Waals surface area contributed by atoms with Crippen LogP contribution in [0.3, 0.4) is 0 Å². The van der Waals surface area contributed by atoms with Crippen molar-refractivity contribution in [1.29, 1.82) is 0 Å². The van der Waals surface area contributed by atoms with Gasteiger partial charge in [0.05, 0.1) is 6.54 Å². The van der Waals surface area contributed by atoms with Crippen LogP contribution in [0.4, 0.5) is 0 Å². The Bertz CT molecular complexity index is 373. The van der Waals surface area contributed by atoms with Crippen LogP contribution < -0.4 is 16.4 Å². The van der Waals surface area contributed by atoms with Crippen LogP contribution in [0.15, 0.2) is 24.3 Å². The summed E-state index contributed by atoms with van der Waals surface area (Å²) in [6, 6.07) is 7.14. The molecule has 0 aromatic heterocycles. The van der Waals surface area contributed by atoms with Crippen molar-refractivity contribution in [3.05, 3.63) is 35.4 Å². The first kappa shape index (κ1) is 12.2. The van der Waals surface area contributed by atoms with Crippen LogP contribution in [0.1, 0.15) is 15.9 Å². The molecule has 0 aliphatic heterocycles. The fourth-order valence-electron chi connectivity index (χ4n) is 1.25. The Kier molecular flexibility index (Phi) is 4.47. The van der Waals surface area contributed by atoms with Gasteiger partial charge in [-0.25, -0.2) is 0 Å². The van der Waals surface area contributed by atoms with Crippen LogP contribution in [-0.2, 0) is 11.3 Å². The first-order chi connectivity index (χ1) is 7.63. The van der Waals surface area contributed by atoms with Gasteiger partial charge in [-0.05, 0) is 17.7 Å². The number of carbonyl (C=O) groups excluding carboxylic acids is 2. The van der Waals surface area contributed by atoms with E-state index in [1.165, 1.54) is 0 Å². The zero-order valence-corrected chi connectivity index (χ0v) is 9.12. The third-order valence-corrected chi connectivity index (χ3v) is 2.07. The van der Waals surface area contributed by atoms with Crippen LogP contribution in [0, 0.1) is 0 Å². The number of amides is 2. The molecule has 16 heavy (non-hydrogen) atoms. The third-order valence-electron chi connectivity index (χ3n) is 2.07. The zero-order chi connectivity index (χ0) is 12.0. The minimum Gasteiger partial charge on any atom is -0.369 e. The summed E-state index contributed by atoms with van der Waals surface area (Å²) in [6.45, 7) is 0.703. The quantitative estimate of drug-likeness (QED) is 0.633. The predicted molar refractivity (Wildman–Crippen MR) is 60.7 cm³/mol. The van der Waals surface area contributed by atoms with E-state index in [1.807, 2.05) is 12.1 Å². The summed E-state index contributed by atoms with van der Waals surface area (Å²) in [4.78, 5) is 21.7. The van der Waals surface area contributed by atoms with Crippen LogP contribution in [-0.4, -0.2) is 25.4 Å². The Morgan fingerprint density at radius 1 is 1.25 bits per heavy atom. The first-order valence-electron chi connectivity index (χ1n) is 4.93. The van der Waals surface area contributed by atoms with Crippen molar-refractivity contribution < 1.29 is 9.59 Å². The number of primary amides is 1. The van der Waals surface area contributed by atoms with Crippen LogP contribution in [0.2, 0.25) is 0 Å². The van der Waals surface area contributed by atoms with E-state index in [-0.39, 0.29) is 18.4 Å². The molecule has 5 heteroatoms. The molecule has 1 aromatic rings. The van der Waals surface area contributed by atoms with Crippen LogP contribution >= 0.6 is 0 Å². The second-order valence-electron chi connectivity index (χ2n) is 3.35. The number of hydrogen-bond donors (Lipinski definition) is 3. The maximum atomic E-state index is 11.2. The molecule has 0 aliphatic carbocycles. The van der Waals surface area contributed by atoms with Gasteiger partial charge in [-0.15, -0.1) is 0 Å². The Labute approximate surface area is 94.0 Å². The molecule has 0 saturated carbocycles. The maximum Gasteiger partial charge on any atom is 0.251 e. The molecule has 2 amide bonds. The van der Waals surface area contributed by atoms with Gasteiger partial charge in [0, 0.05) is 19.2 Å². The van der Waals surface area contributed by atoms with Gasteiger partial charge in [0.2, 0.25) is 5.91 Å². The highest BCUT2D eigenvalue weighted by Crippen LogP contribution is 2.03. The number of carbonyl (C=O) groups is 2. The van der Waals surface area contributed by atoms with Crippen LogP contribution in [0.5, 0.6) is 0 Å². The molecule has 0 unspecified atom stereocenters. The molecule has 0 fully saturated rings. The van der Waals surface area contributed by atoms with Crippen molar-refractivity contribution in [2.45, 2.75) is 6.54 Å². The average molecular weight is 221 g/mol. The van der Waals surface area contributed by atoms with E-state index in [2.05, 4.69) is 10.6 Å². The molecule has 0 heterocycles. The highest BCUT2D eigenvalue weighted by atomic mass is 16.2. The minimum absolute atomic E-state index is 0.114. The monoisotopic (exact) mass is 221 g/mol. The summed E-state index contributed by atoms with van der Waals surface area (Å²) in [7, 11) is 1.59. The molecule has 0 aliphatic rings. The zero-order valence-electron chi connectivity index (χ0n) is 9.12. The van der Waals surface area contributed by atoms with Crippen molar-refractivity contribution in [2.75, 3.05) is 13.6 Å². The summed E-state index contributed by atoms with van der Waals surface area (Å²) in [5.74, 6) is -0.501. The highest BCUT2D eigenvalue weighted by Gasteiger charge is 2.02. The van der Waals surface area contributed by atoms with Crippen molar-refractivity contribution >= 4 is 11.8 Å². The Balaban J connectivity index is 2.51. The van der Waals surface area contributed by atoms with E-state index in [1.54, 1.807) is 19.2 Å². The van der Waals surface area contributed by atoms with E-state index >= 15 is 0 Å². The van der Waals surface area contributed by atoms with Gasteiger partial charge in [0.15, 0.2) is 0 Å². The second-order valence-corrected chi connectivity index (χ2v) is 3.35. The van der Waals surface area contributed by atoms with Crippen molar-refractivity contribution in [1.82, 2.24) is 10.6 Å². The van der Waals surface area contributed by atoms with E-state index < -0.39 is 0 Å². The van der Waals surface area contributed by atoms with Crippen LogP contribution in [0.25, 0.3) is 0 Å². The summed E-state index contributed by atoms with van der Waals surface area (Å²) in [5, 5.41) is 5.43. The van der Waals surface area contributed by atoms with Gasteiger partial charge in [0.1, 0.15) is 0 Å². The lowest BCUT2D eigenvalue weighted by atomic mass is 10.1. The first-order valence-corrected chi connectivity index (χ1v) is 4.93. The summed E-state index contributed by atoms with van der Waals surface area (Å²) in [5.41, 5.74) is 6.59. The number of benzene rings is 1. The molecule has 86 valence electrons. The average Bonchev–Trinajstić information content (AvgIpc) is 2.28. The molecule has 0 bridgehead atoms. The summed E-state index contributed by atoms with van der Waals surface area (Å²) in [6.07, 6.45) is 0. The van der Waals surface area contributed by atoms with Gasteiger partial charge in [-0.3, -0.25) is 9.59 Å². The SMILES string of the molecule is CNC(=O)c1ccc(CNCC(N)=O)cc1. The van der Waals surface area contributed by atoms with Crippen molar-refractivity contribution in [3.8, 4) is 0 Å². The lowest BCUT2D eigenvalue weighted by Gasteiger charge is -2.04. The number of rotatable bonds is 5. The van der Waals surface area contributed by atoms with E-state index in [9.17, 15) is 9.59 Å². The lowest BCUT2D eigenvalue weighted by molar-refractivity contribution is -0.117. The number of hydrogen-bond acceptors (Lipinski definition) is 3. The molecule has 0 spiro atoms. The largest absolute Gasteiger partial charge is 0.369 e. The van der Waals surface area contributed by atoms with Crippen molar-refractivity contribution in [3.63, 3.8) is 0 Å². The van der Waals surface area contributed by atoms with Gasteiger partial charge in [-0.1, -0.05) is 12.1 Å². The highest BCUT2D eigenvalue weighted by molar-refractivity contribution is 5.93. The molecular weight excluding hydrogens is 206 g/mol. The standard InChI is InChI=1S/C11H15N3O2/c1-13-11(16)9-4-2-8(3-5-9)6-14-7-10(12)15/h2-5,14H,6-7H2,1H3,(H2,12,15)(H,13,16). The van der Waals surface area contributed by atoms with Crippen molar-refractivity contribution in [2.24, 2.45) is 5.73 Å². The smallest absolute Gasteiger partial charge is 0.251 e. The summed E-state index contributed by atoms with van der Waals surface area (Å²) < 4.78 is 0. The normalized spacial score (nSPS) is 9.81. The molecule has 1 aromatic carbocycles.